The summed E-state index contributed by atoms with van der Waals surface area (Å²) in [5, 5.41) is 11.9. The van der Waals surface area contributed by atoms with Crippen molar-refractivity contribution in [2.24, 2.45) is 0 Å². The Morgan fingerprint density at radius 1 is 1.05 bits per heavy atom. The molecule has 2 aromatic carbocycles. The summed E-state index contributed by atoms with van der Waals surface area (Å²) in [6, 6.07) is 13.4. The lowest BCUT2D eigenvalue weighted by Crippen LogP contribution is -2.27. The second kappa shape index (κ2) is 11.4. The van der Waals surface area contributed by atoms with Crippen molar-refractivity contribution < 1.29 is 17.9 Å². The fourth-order valence-electron chi connectivity index (χ4n) is 4.42. The summed E-state index contributed by atoms with van der Waals surface area (Å²) in [6.45, 7) is 3.87. The first-order chi connectivity index (χ1) is 18.2. The molecule has 38 heavy (non-hydrogen) atoms. The highest BCUT2D eigenvalue weighted by molar-refractivity contribution is 7.91. The molecule has 2 aromatic heterocycles. The fourth-order valence-corrected chi connectivity index (χ4v) is 5.96. The van der Waals surface area contributed by atoms with Crippen LogP contribution in [0.15, 0.2) is 81.6 Å². The topological polar surface area (TPSA) is 102 Å². The standard InChI is InChI=1S/C28H27ClFN3O4S/c1-3-5-9-25-32-27(34)26(28(35)33(25)24(4-2)19-7-6-8-21(29)14-19)38(36,37)23-12-10-18(11-13-23)20-15-22(30)17-31-16-20/h6-8,10-17,24,35H,3-5,9H2,1-2H3. The number of aryl methyl sites for hydroxylation is 1. The minimum atomic E-state index is -4.46. The second-order valence-corrected chi connectivity index (χ2v) is 11.2. The zero-order valence-corrected chi connectivity index (χ0v) is 22.5. The maximum atomic E-state index is 13.6. The van der Waals surface area contributed by atoms with E-state index in [1.807, 2.05) is 19.9 Å². The van der Waals surface area contributed by atoms with Crippen LogP contribution in [0.3, 0.4) is 0 Å². The molecule has 1 N–H and O–H groups in total. The molecule has 0 aliphatic rings. The molecule has 0 saturated heterocycles. The zero-order chi connectivity index (χ0) is 27.4. The van der Waals surface area contributed by atoms with Crippen LogP contribution < -0.4 is 5.56 Å². The monoisotopic (exact) mass is 555 g/mol. The number of nitrogens with zero attached hydrogens (tertiary/aromatic N) is 3. The summed E-state index contributed by atoms with van der Waals surface area (Å²) in [5.74, 6) is -0.889. The Bertz CT molecular complexity index is 1620. The zero-order valence-electron chi connectivity index (χ0n) is 20.9. The van der Waals surface area contributed by atoms with Gasteiger partial charge < -0.3 is 5.11 Å². The summed E-state index contributed by atoms with van der Waals surface area (Å²) in [6.07, 6.45) is 4.90. The molecule has 0 bridgehead atoms. The number of hydrogen-bond donors (Lipinski definition) is 1. The molecule has 4 rings (SSSR count). The van der Waals surface area contributed by atoms with Crippen LogP contribution in [0.5, 0.6) is 5.88 Å². The summed E-state index contributed by atoms with van der Waals surface area (Å²) < 4.78 is 42.3. The van der Waals surface area contributed by atoms with E-state index in [1.54, 1.807) is 18.2 Å². The third-order valence-corrected chi connectivity index (χ3v) is 8.31. The number of aromatic hydroxyl groups is 1. The van der Waals surface area contributed by atoms with E-state index >= 15 is 0 Å². The largest absolute Gasteiger partial charge is 0.493 e. The van der Waals surface area contributed by atoms with Crippen molar-refractivity contribution in [2.75, 3.05) is 0 Å². The van der Waals surface area contributed by atoms with E-state index in [0.717, 1.165) is 18.2 Å². The van der Waals surface area contributed by atoms with Crippen LogP contribution in [0.4, 0.5) is 4.39 Å². The molecule has 2 heterocycles. The van der Waals surface area contributed by atoms with Gasteiger partial charge in [-0.1, -0.05) is 56.1 Å². The van der Waals surface area contributed by atoms with E-state index < -0.39 is 38.0 Å². The first-order valence-corrected chi connectivity index (χ1v) is 14.1. The molecule has 198 valence electrons. The average Bonchev–Trinajstić information content (AvgIpc) is 2.89. The first-order valence-electron chi connectivity index (χ1n) is 12.2. The van der Waals surface area contributed by atoms with Gasteiger partial charge in [-0.05, 0) is 54.3 Å². The van der Waals surface area contributed by atoms with Gasteiger partial charge in [0.1, 0.15) is 11.6 Å². The van der Waals surface area contributed by atoms with Crippen LogP contribution in [-0.2, 0) is 16.3 Å². The number of hydrogen-bond acceptors (Lipinski definition) is 6. The van der Waals surface area contributed by atoms with Crippen LogP contribution >= 0.6 is 11.6 Å². The summed E-state index contributed by atoms with van der Waals surface area (Å²) in [7, 11) is -4.46. The highest BCUT2D eigenvalue weighted by atomic mass is 35.5. The Morgan fingerprint density at radius 2 is 1.79 bits per heavy atom. The molecule has 1 unspecified atom stereocenters. The molecule has 0 spiro atoms. The molecule has 7 nitrogen and oxygen atoms in total. The van der Waals surface area contributed by atoms with Gasteiger partial charge in [-0.15, -0.1) is 0 Å². The average molecular weight is 556 g/mol. The van der Waals surface area contributed by atoms with Gasteiger partial charge >= 0.3 is 0 Å². The Hall–Kier alpha value is -3.56. The SMILES string of the molecule is CCCCc1nc(=O)c(S(=O)(=O)c2ccc(-c3cncc(F)c3)cc2)c(O)n1C(CC)c1cccc(Cl)c1. The molecule has 0 aliphatic heterocycles. The lowest BCUT2D eigenvalue weighted by atomic mass is 10.0. The van der Waals surface area contributed by atoms with Gasteiger partial charge in [-0.3, -0.25) is 14.3 Å². The van der Waals surface area contributed by atoms with Gasteiger partial charge in [0, 0.05) is 23.2 Å². The number of aromatic nitrogens is 3. The normalized spacial score (nSPS) is 12.4. The molecule has 1 atom stereocenters. The van der Waals surface area contributed by atoms with Crippen LogP contribution in [0.2, 0.25) is 5.02 Å². The van der Waals surface area contributed by atoms with E-state index in [9.17, 15) is 22.7 Å². The molecule has 0 radical (unpaired) electrons. The number of benzene rings is 2. The second-order valence-electron chi connectivity index (χ2n) is 8.86. The highest BCUT2D eigenvalue weighted by Crippen LogP contribution is 2.34. The number of rotatable bonds is 9. The molecular formula is C28H27ClFN3O4S. The molecular weight excluding hydrogens is 529 g/mol. The Balaban J connectivity index is 1.86. The smallest absolute Gasteiger partial charge is 0.296 e. The first kappa shape index (κ1) is 27.5. The number of pyridine rings is 1. The maximum Gasteiger partial charge on any atom is 0.296 e. The van der Waals surface area contributed by atoms with Gasteiger partial charge in [-0.25, -0.2) is 12.8 Å². The van der Waals surface area contributed by atoms with E-state index in [-0.39, 0.29) is 4.90 Å². The van der Waals surface area contributed by atoms with Crippen molar-refractivity contribution in [3.05, 3.63) is 99.6 Å². The van der Waals surface area contributed by atoms with E-state index in [1.165, 1.54) is 41.1 Å². The molecule has 4 aromatic rings. The summed E-state index contributed by atoms with van der Waals surface area (Å²) >= 11 is 6.21. The van der Waals surface area contributed by atoms with Crippen LogP contribution in [0.25, 0.3) is 11.1 Å². The minimum Gasteiger partial charge on any atom is -0.493 e. The van der Waals surface area contributed by atoms with Crippen molar-refractivity contribution in [1.82, 2.24) is 14.5 Å². The summed E-state index contributed by atoms with van der Waals surface area (Å²) in [5.41, 5.74) is 0.727. The van der Waals surface area contributed by atoms with Crippen LogP contribution in [0.1, 0.15) is 50.5 Å². The van der Waals surface area contributed by atoms with E-state index in [2.05, 4.69) is 9.97 Å². The minimum absolute atomic E-state index is 0.205. The quantitative estimate of drug-likeness (QED) is 0.273. The van der Waals surface area contributed by atoms with Gasteiger partial charge in [0.05, 0.1) is 17.1 Å². The highest BCUT2D eigenvalue weighted by Gasteiger charge is 2.31. The fraction of sp³-hybridized carbons (Fsp3) is 0.250. The van der Waals surface area contributed by atoms with Crippen LogP contribution in [0, 0.1) is 5.82 Å². The van der Waals surface area contributed by atoms with Gasteiger partial charge in [-0.2, -0.15) is 4.98 Å². The van der Waals surface area contributed by atoms with Crippen molar-refractivity contribution in [3.8, 4) is 17.0 Å². The Morgan fingerprint density at radius 3 is 2.42 bits per heavy atom. The molecule has 0 saturated carbocycles. The lowest BCUT2D eigenvalue weighted by molar-refractivity contribution is 0.358. The lowest BCUT2D eigenvalue weighted by Gasteiger charge is -2.25. The van der Waals surface area contributed by atoms with Gasteiger partial charge in [0.15, 0.2) is 4.90 Å². The number of unbranched alkanes of at least 4 members (excludes halogenated alkanes) is 1. The third kappa shape index (κ3) is 5.49. The van der Waals surface area contributed by atoms with E-state index in [0.29, 0.717) is 41.2 Å². The predicted molar refractivity (Wildman–Crippen MR) is 144 cm³/mol. The molecule has 0 aliphatic carbocycles. The predicted octanol–water partition coefficient (Wildman–Crippen LogP) is 5.98. The van der Waals surface area contributed by atoms with Crippen molar-refractivity contribution in [2.45, 2.75) is 55.4 Å². The van der Waals surface area contributed by atoms with Gasteiger partial charge in [0.2, 0.25) is 15.7 Å². The maximum absolute atomic E-state index is 13.6. The molecule has 10 heteroatoms. The van der Waals surface area contributed by atoms with Crippen molar-refractivity contribution >= 4 is 21.4 Å². The van der Waals surface area contributed by atoms with Gasteiger partial charge in [0.25, 0.3) is 5.56 Å². The number of halogens is 2. The van der Waals surface area contributed by atoms with E-state index in [4.69, 9.17) is 11.6 Å². The summed E-state index contributed by atoms with van der Waals surface area (Å²) in [4.78, 5) is 20.0. The van der Waals surface area contributed by atoms with Crippen LogP contribution in [-0.4, -0.2) is 28.1 Å². The van der Waals surface area contributed by atoms with Crippen molar-refractivity contribution in [3.63, 3.8) is 0 Å². The molecule has 0 fully saturated rings. The Labute approximate surface area is 225 Å². The molecule has 0 amide bonds. The third-order valence-electron chi connectivity index (χ3n) is 6.29. The Kier molecular flexibility index (Phi) is 8.28. The number of sulfone groups is 1. The van der Waals surface area contributed by atoms with Crippen molar-refractivity contribution in [1.29, 1.82) is 0 Å².